The molecule has 120 valence electrons. The Morgan fingerprint density at radius 2 is 1.96 bits per heavy atom. The van der Waals surface area contributed by atoms with Crippen LogP contribution in [0.2, 0.25) is 5.28 Å². The molecule has 0 aliphatic heterocycles. The second kappa shape index (κ2) is 7.41. The minimum atomic E-state index is -1.37. The maximum absolute atomic E-state index is 11.8. The van der Waals surface area contributed by atoms with E-state index in [0.29, 0.717) is 0 Å². The van der Waals surface area contributed by atoms with Gasteiger partial charge in [-0.15, -0.1) is 0 Å². The molecular formula is C14H12ClN3O5. The Balaban J connectivity index is 2.12. The van der Waals surface area contributed by atoms with Crippen LogP contribution in [0.4, 0.5) is 10.6 Å². The summed E-state index contributed by atoms with van der Waals surface area (Å²) >= 11 is 5.65. The van der Waals surface area contributed by atoms with Crippen LogP contribution in [0.3, 0.4) is 0 Å². The van der Waals surface area contributed by atoms with Crippen molar-refractivity contribution in [3.63, 3.8) is 0 Å². The van der Waals surface area contributed by atoms with E-state index in [-0.39, 0.29) is 23.5 Å². The summed E-state index contributed by atoms with van der Waals surface area (Å²) in [6, 6.07) is 9.03. The first-order chi connectivity index (χ1) is 11.0. The summed E-state index contributed by atoms with van der Waals surface area (Å²) in [6.07, 6.45) is -0.835. The van der Waals surface area contributed by atoms with E-state index in [1.165, 1.54) is 7.11 Å². The predicted octanol–water partition coefficient (Wildman–Crippen LogP) is 2.59. The number of benzene rings is 1. The molecule has 0 aliphatic rings. The summed E-state index contributed by atoms with van der Waals surface area (Å²) in [4.78, 5) is 30.2. The summed E-state index contributed by atoms with van der Waals surface area (Å²) < 4.78 is 9.94. The third-order valence-electron chi connectivity index (χ3n) is 2.68. The van der Waals surface area contributed by atoms with Crippen LogP contribution in [0.25, 0.3) is 0 Å². The number of nitrogens with zero attached hydrogens (tertiary/aromatic N) is 2. The third kappa shape index (κ3) is 4.30. The molecule has 1 aromatic carbocycles. The number of nitrogens with one attached hydrogen (secondary N) is 1. The van der Waals surface area contributed by atoms with Gasteiger partial charge in [-0.25, -0.2) is 14.6 Å². The van der Waals surface area contributed by atoms with Crippen LogP contribution in [0.15, 0.2) is 30.3 Å². The van der Waals surface area contributed by atoms with Gasteiger partial charge in [-0.2, -0.15) is 4.98 Å². The number of halogens is 1. The topological polar surface area (TPSA) is 111 Å². The van der Waals surface area contributed by atoms with Crippen LogP contribution in [0.1, 0.15) is 16.1 Å². The van der Waals surface area contributed by atoms with Crippen molar-refractivity contribution in [1.29, 1.82) is 0 Å². The fraction of sp³-hybridized carbons (Fsp3) is 0.143. The normalized spacial score (nSPS) is 10.0. The summed E-state index contributed by atoms with van der Waals surface area (Å²) in [5.74, 6) is -1.78. The largest absolute Gasteiger partial charge is 0.491 e. The maximum Gasteiger partial charge on any atom is 0.413 e. The molecule has 1 aromatic heterocycles. The van der Waals surface area contributed by atoms with Crippen LogP contribution in [-0.4, -0.2) is 34.2 Å². The fourth-order valence-corrected chi connectivity index (χ4v) is 1.87. The Morgan fingerprint density at radius 1 is 1.26 bits per heavy atom. The Morgan fingerprint density at radius 3 is 2.57 bits per heavy atom. The van der Waals surface area contributed by atoms with E-state index in [0.717, 1.165) is 5.56 Å². The van der Waals surface area contributed by atoms with E-state index in [1.807, 2.05) is 18.2 Å². The zero-order valence-electron chi connectivity index (χ0n) is 11.9. The molecule has 9 heteroatoms. The van der Waals surface area contributed by atoms with Crippen molar-refractivity contribution >= 4 is 29.5 Å². The summed E-state index contributed by atoms with van der Waals surface area (Å²) in [5.41, 5.74) is 0.326. The van der Waals surface area contributed by atoms with Gasteiger partial charge in [0.05, 0.1) is 7.11 Å². The van der Waals surface area contributed by atoms with E-state index in [2.05, 4.69) is 15.3 Å². The molecule has 0 bridgehead atoms. The molecule has 0 radical (unpaired) electrons. The summed E-state index contributed by atoms with van der Waals surface area (Å²) in [6.45, 7) is 0.0413. The van der Waals surface area contributed by atoms with E-state index in [9.17, 15) is 9.59 Å². The van der Waals surface area contributed by atoms with Crippen molar-refractivity contribution < 1.29 is 24.2 Å². The number of carboxylic acids is 1. The van der Waals surface area contributed by atoms with E-state index < -0.39 is 17.8 Å². The number of carbonyl (C=O) groups excluding carboxylic acids is 1. The van der Waals surface area contributed by atoms with Gasteiger partial charge in [0, 0.05) is 0 Å². The number of aromatic carboxylic acids is 1. The number of rotatable bonds is 5. The standard InChI is InChI=1S/C14H12ClN3O5/c1-22-10-9(12(19)20)16-13(15)17-11(10)18-14(21)23-7-8-5-3-2-4-6-8/h2-6H,7H2,1H3,(H,19,20)(H,16,17,18,21). The SMILES string of the molecule is COc1c(NC(=O)OCc2ccccc2)nc(Cl)nc1C(=O)O. The zero-order chi connectivity index (χ0) is 16.8. The van der Waals surface area contributed by atoms with Crippen molar-refractivity contribution in [2.24, 2.45) is 0 Å². The van der Waals surface area contributed by atoms with Gasteiger partial charge in [-0.3, -0.25) is 5.32 Å². The van der Waals surface area contributed by atoms with Gasteiger partial charge >= 0.3 is 12.1 Å². The number of amides is 1. The highest BCUT2D eigenvalue weighted by Gasteiger charge is 2.21. The van der Waals surface area contributed by atoms with Gasteiger partial charge in [-0.1, -0.05) is 30.3 Å². The van der Waals surface area contributed by atoms with Crippen LogP contribution in [0, 0.1) is 0 Å². The van der Waals surface area contributed by atoms with E-state index >= 15 is 0 Å². The Hall–Kier alpha value is -2.87. The second-order valence-corrected chi connectivity index (χ2v) is 4.55. The highest BCUT2D eigenvalue weighted by molar-refractivity contribution is 6.28. The van der Waals surface area contributed by atoms with Crippen LogP contribution in [-0.2, 0) is 11.3 Å². The number of anilines is 1. The Bertz CT molecular complexity index is 724. The van der Waals surface area contributed by atoms with Crippen molar-refractivity contribution in [2.75, 3.05) is 12.4 Å². The van der Waals surface area contributed by atoms with Crippen LogP contribution in [0.5, 0.6) is 5.75 Å². The van der Waals surface area contributed by atoms with Gasteiger partial charge < -0.3 is 14.6 Å². The molecule has 0 fully saturated rings. The molecule has 1 amide bonds. The van der Waals surface area contributed by atoms with Crippen LogP contribution >= 0.6 is 11.6 Å². The number of ether oxygens (including phenoxy) is 2. The molecule has 0 unspecified atom stereocenters. The van der Waals surface area contributed by atoms with Gasteiger partial charge in [-0.05, 0) is 17.2 Å². The molecule has 0 saturated carbocycles. The Kier molecular flexibility index (Phi) is 5.32. The quantitative estimate of drug-likeness (QED) is 0.806. The lowest BCUT2D eigenvalue weighted by molar-refractivity contribution is 0.0686. The highest BCUT2D eigenvalue weighted by Crippen LogP contribution is 2.27. The molecule has 23 heavy (non-hydrogen) atoms. The molecule has 0 atom stereocenters. The number of hydrogen-bond donors (Lipinski definition) is 2. The molecule has 2 aromatic rings. The van der Waals surface area contributed by atoms with Gasteiger partial charge in [0.25, 0.3) is 0 Å². The summed E-state index contributed by atoms with van der Waals surface area (Å²) in [5, 5.41) is 11.0. The first kappa shape index (κ1) is 16.5. The lowest BCUT2D eigenvalue weighted by Gasteiger charge is -2.11. The van der Waals surface area contributed by atoms with Gasteiger partial charge in [0.2, 0.25) is 5.28 Å². The zero-order valence-corrected chi connectivity index (χ0v) is 12.7. The third-order valence-corrected chi connectivity index (χ3v) is 2.85. The molecule has 0 saturated heterocycles. The summed E-state index contributed by atoms with van der Waals surface area (Å²) in [7, 11) is 1.22. The number of aromatic nitrogens is 2. The monoisotopic (exact) mass is 337 g/mol. The van der Waals surface area contributed by atoms with Crippen molar-refractivity contribution in [2.45, 2.75) is 6.61 Å². The van der Waals surface area contributed by atoms with E-state index in [4.69, 9.17) is 26.2 Å². The average molecular weight is 338 g/mol. The van der Waals surface area contributed by atoms with Crippen molar-refractivity contribution in [3.05, 3.63) is 46.9 Å². The minimum absolute atomic E-state index is 0.0413. The number of methoxy groups -OCH3 is 1. The predicted molar refractivity (Wildman–Crippen MR) is 80.8 cm³/mol. The average Bonchev–Trinajstić information content (AvgIpc) is 2.53. The molecule has 0 spiro atoms. The number of carboxylic acid groups (broad SMARTS) is 1. The lowest BCUT2D eigenvalue weighted by atomic mass is 10.2. The molecule has 1 heterocycles. The number of hydrogen-bond acceptors (Lipinski definition) is 6. The molecule has 8 nitrogen and oxygen atoms in total. The maximum atomic E-state index is 11.8. The first-order valence-corrected chi connectivity index (χ1v) is 6.71. The highest BCUT2D eigenvalue weighted by atomic mass is 35.5. The lowest BCUT2D eigenvalue weighted by Crippen LogP contribution is -2.17. The molecule has 2 rings (SSSR count). The van der Waals surface area contributed by atoms with E-state index in [1.54, 1.807) is 12.1 Å². The van der Waals surface area contributed by atoms with Crippen molar-refractivity contribution in [3.8, 4) is 5.75 Å². The smallest absolute Gasteiger partial charge is 0.413 e. The molecule has 0 aliphatic carbocycles. The van der Waals surface area contributed by atoms with Crippen molar-refractivity contribution in [1.82, 2.24) is 9.97 Å². The molecular weight excluding hydrogens is 326 g/mol. The minimum Gasteiger partial charge on any atom is -0.491 e. The number of carbonyl (C=O) groups is 2. The van der Waals surface area contributed by atoms with Gasteiger partial charge in [0.1, 0.15) is 6.61 Å². The van der Waals surface area contributed by atoms with Crippen LogP contribution < -0.4 is 10.1 Å². The Labute approximate surface area is 136 Å². The molecule has 2 N–H and O–H groups in total. The van der Waals surface area contributed by atoms with Gasteiger partial charge in [0.15, 0.2) is 17.3 Å². The second-order valence-electron chi connectivity index (χ2n) is 4.21. The fourth-order valence-electron chi connectivity index (χ4n) is 1.70. The first-order valence-electron chi connectivity index (χ1n) is 6.33.